The minimum absolute atomic E-state index is 0.0160. The topological polar surface area (TPSA) is 96.0 Å². The maximum Gasteiger partial charge on any atom is 0.417 e. The molecule has 2 N–H and O–H groups in total. The van der Waals surface area contributed by atoms with Crippen LogP contribution in [0, 0.1) is 0 Å². The Morgan fingerprint density at radius 2 is 1.97 bits per heavy atom. The van der Waals surface area contributed by atoms with E-state index in [4.69, 9.17) is 4.74 Å². The summed E-state index contributed by atoms with van der Waals surface area (Å²) in [5.41, 5.74) is 0.473. The molecular formula is C22H19F3N6O2S. The number of alkyl halides is 3. The van der Waals surface area contributed by atoms with E-state index in [0.717, 1.165) is 24.8 Å². The number of ether oxygens (including phenoxy) is 1. The third kappa shape index (κ3) is 4.65. The van der Waals surface area contributed by atoms with Crippen LogP contribution in [-0.4, -0.2) is 57.0 Å². The van der Waals surface area contributed by atoms with Crippen molar-refractivity contribution in [2.45, 2.75) is 12.7 Å². The first kappa shape index (κ1) is 22.4. The maximum atomic E-state index is 13.5. The van der Waals surface area contributed by atoms with E-state index in [0.29, 0.717) is 24.9 Å². The number of hydrogen-bond acceptors (Lipinski definition) is 7. The van der Waals surface area contributed by atoms with Gasteiger partial charge in [0.05, 0.1) is 30.0 Å². The number of imidazole rings is 1. The molecule has 1 aromatic carbocycles. The van der Waals surface area contributed by atoms with Crippen LogP contribution in [0.15, 0.2) is 41.9 Å². The molecule has 8 nitrogen and oxygen atoms in total. The molecule has 0 radical (unpaired) electrons. The number of H-pyrrole nitrogens is 1. The molecule has 12 heteroatoms. The zero-order chi connectivity index (χ0) is 23.7. The molecule has 1 saturated heterocycles. The van der Waals surface area contributed by atoms with Crippen LogP contribution in [-0.2, 0) is 17.5 Å². The molecular weight excluding hydrogens is 469 g/mol. The summed E-state index contributed by atoms with van der Waals surface area (Å²) in [4.78, 5) is 30.9. The van der Waals surface area contributed by atoms with Gasteiger partial charge in [-0.3, -0.25) is 15.0 Å². The smallest absolute Gasteiger partial charge is 0.379 e. The highest BCUT2D eigenvalue weighted by molar-refractivity contribution is 7.14. The van der Waals surface area contributed by atoms with Crippen molar-refractivity contribution in [1.29, 1.82) is 0 Å². The van der Waals surface area contributed by atoms with E-state index in [-0.39, 0.29) is 28.1 Å². The van der Waals surface area contributed by atoms with Gasteiger partial charge in [-0.1, -0.05) is 18.2 Å². The molecule has 5 rings (SSSR count). The number of aromatic amines is 1. The summed E-state index contributed by atoms with van der Waals surface area (Å²) in [5, 5.41) is 5.07. The molecule has 1 amide bonds. The van der Waals surface area contributed by atoms with Crippen molar-refractivity contribution in [2.75, 3.05) is 31.6 Å². The van der Waals surface area contributed by atoms with Gasteiger partial charge in [0.1, 0.15) is 11.3 Å². The molecule has 176 valence electrons. The molecule has 4 aromatic rings. The van der Waals surface area contributed by atoms with Crippen LogP contribution in [0.25, 0.3) is 22.6 Å². The summed E-state index contributed by atoms with van der Waals surface area (Å²) >= 11 is 1.30. The number of amides is 1. The molecule has 0 saturated carbocycles. The van der Waals surface area contributed by atoms with Gasteiger partial charge in [0, 0.05) is 36.8 Å². The lowest BCUT2D eigenvalue weighted by Crippen LogP contribution is -2.35. The van der Waals surface area contributed by atoms with Gasteiger partial charge in [0.2, 0.25) is 0 Å². The standard InChI is InChI=1S/C22H19F3N6O2S/c23-22(24,25)16-4-2-1-3-14(16)18-28-17-15(5-6-26-19(17)29-18)20(32)30-21-27-13(12-34-21)11-31-7-9-33-10-8-31/h1-6,12H,7-11H2,(H,26,28,29)(H,27,30,32). The molecule has 0 atom stereocenters. The van der Waals surface area contributed by atoms with Crippen molar-refractivity contribution in [1.82, 2.24) is 24.8 Å². The number of fused-ring (bicyclic) bond motifs is 1. The Bertz CT molecular complexity index is 1330. The van der Waals surface area contributed by atoms with Crippen LogP contribution in [0.4, 0.5) is 18.3 Å². The number of rotatable bonds is 5. The zero-order valence-electron chi connectivity index (χ0n) is 17.7. The molecule has 4 heterocycles. The maximum absolute atomic E-state index is 13.5. The van der Waals surface area contributed by atoms with Crippen molar-refractivity contribution in [3.63, 3.8) is 0 Å². The summed E-state index contributed by atoms with van der Waals surface area (Å²) < 4.78 is 45.7. The van der Waals surface area contributed by atoms with Crippen LogP contribution in [0.2, 0.25) is 0 Å². The van der Waals surface area contributed by atoms with Gasteiger partial charge in [0.25, 0.3) is 5.91 Å². The second-order valence-corrected chi connectivity index (χ2v) is 8.53. The van der Waals surface area contributed by atoms with E-state index < -0.39 is 17.6 Å². The molecule has 0 spiro atoms. The number of nitrogens with one attached hydrogen (secondary N) is 2. The number of pyridine rings is 1. The quantitative estimate of drug-likeness (QED) is 0.438. The predicted molar refractivity (Wildman–Crippen MR) is 120 cm³/mol. The Labute approximate surface area is 195 Å². The number of carbonyl (C=O) groups is 1. The van der Waals surface area contributed by atoms with E-state index in [9.17, 15) is 18.0 Å². The first-order chi connectivity index (χ1) is 16.4. The van der Waals surface area contributed by atoms with E-state index in [1.807, 2.05) is 5.38 Å². The van der Waals surface area contributed by atoms with Gasteiger partial charge in [0.15, 0.2) is 10.8 Å². The third-order valence-electron chi connectivity index (χ3n) is 5.38. The minimum atomic E-state index is -4.55. The largest absolute Gasteiger partial charge is 0.417 e. The highest BCUT2D eigenvalue weighted by Crippen LogP contribution is 2.36. The molecule has 3 aromatic heterocycles. The normalized spacial score (nSPS) is 15.0. The van der Waals surface area contributed by atoms with E-state index >= 15 is 0 Å². The fourth-order valence-corrected chi connectivity index (χ4v) is 4.44. The summed E-state index contributed by atoms with van der Waals surface area (Å²) in [7, 11) is 0. The van der Waals surface area contributed by atoms with E-state index in [1.54, 1.807) is 0 Å². The minimum Gasteiger partial charge on any atom is -0.379 e. The molecule has 0 aliphatic carbocycles. The molecule has 1 fully saturated rings. The number of nitrogens with zero attached hydrogens (tertiary/aromatic N) is 4. The number of carbonyl (C=O) groups excluding carboxylic acids is 1. The zero-order valence-corrected chi connectivity index (χ0v) is 18.5. The third-order valence-corrected chi connectivity index (χ3v) is 6.18. The molecule has 0 bridgehead atoms. The summed E-state index contributed by atoms with van der Waals surface area (Å²) in [5.74, 6) is -0.487. The molecule has 34 heavy (non-hydrogen) atoms. The van der Waals surface area contributed by atoms with Crippen LogP contribution in [0.5, 0.6) is 0 Å². The van der Waals surface area contributed by atoms with Gasteiger partial charge < -0.3 is 9.72 Å². The summed E-state index contributed by atoms with van der Waals surface area (Å²) in [6, 6.07) is 6.59. The lowest BCUT2D eigenvalue weighted by atomic mass is 10.1. The number of morpholine rings is 1. The van der Waals surface area contributed by atoms with Gasteiger partial charge in [-0.15, -0.1) is 11.3 Å². The molecule has 0 unspecified atom stereocenters. The fraction of sp³-hybridized carbons (Fsp3) is 0.273. The van der Waals surface area contributed by atoms with Crippen molar-refractivity contribution < 1.29 is 22.7 Å². The van der Waals surface area contributed by atoms with E-state index in [2.05, 4.69) is 30.2 Å². The van der Waals surface area contributed by atoms with Crippen molar-refractivity contribution in [3.8, 4) is 11.4 Å². The van der Waals surface area contributed by atoms with Crippen LogP contribution < -0.4 is 5.32 Å². The first-order valence-corrected chi connectivity index (χ1v) is 11.3. The van der Waals surface area contributed by atoms with Crippen LogP contribution in [0.1, 0.15) is 21.6 Å². The summed E-state index contributed by atoms with van der Waals surface area (Å²) in [6.07, 6.45) is -3.15. The van der Waals surface area contributed by atoms with Crippen LogP contribution in [0.3, 0.4) is 0 Å². The number of aromatic nitrogens is 4. The number of hydrogen-bond donors (Lipinski definition) is 2. The van der Waals surface area contributed by atoms with Crippen LogP contribution >= 0.6 is 11.3 Å². The number of halogens is 3. The lowest BCUT2D eigenvalue weighted by Gasteiger charge is -2.25. The van der Waals surface area contributed by atoms with Crippen molar-refractivity contribution >= 4 is 33.5 Å². The van der Waals surface area contributed by atoms with Gasteiger partial charge in [-0.05, 0) is 12.1 Å². The predicted octanol–water partition coefficient (Wildman–Crippen LogP) is 4.18. The fourth-order valence-electron chi connectivity index (χ4n) is 3.75. The Kier molecular flexibility index (Phi) is 6.02. The Hall–Kier alpha value is -3.35. The number of thiazole rings is 1. The SMILES string of the molecule is O=C(Nc1nc(CN2CCOCC2)cs1)c1ccnc2[nH]c(-c3ccccc3C(F)(F)F)nc12. The van der Waals surface area contributed by atoms with Crippen molar-refractivity contribution in [3.05, 3.63) is 58.7 Å². The van der Waals surface area contributed by atoms with Crippen molar-refractivity contribution in [2.24, 2.45) is 0 Å². The molecule has 1 aliphatic rings. The number of benzene rings is 1. The second-order valence-electron chi connectivity index (χ2n) is 7.67. The molecule has 1 aliphatic heterocycles. The average Bonchev–Trinajstić information content (AvgIpc) is 3.45. The highest BCUT2D eigenvalue weighted by atomic mass is 32.1. The Morgan fingerprint density at radius 3 is 2.76 bits per heavy atom. The first-order valence-electron chi connectivity index (χ1n) is 10.5. The second kappa shape index (κ2) is 9.12. The van der Waals surface area contributed by atoms with Gasteiger partial charge >= 0.3 is 6.18 Å². The highest BCUT2D eigenvalue weighted by Gasteiger charge is 2.34. The monoisotopic (exact) mass is 488 g/mol. The number of anilines is 1. The Balaban J connectivity index is 1.39. The van der Waals surface area contributed by atoms with Gasteiger partial charge in [-0.2, -0.15) is 13.2 Å². The van der Waals surface area contributed by atoms with Gasteiger partial charge in [-0.25, -0.2) is 15.0 Å². The summed E-state index contributed by atoms with van der Waals surface area (Å²) in [6.45, 7) is 3.69. The van der Waals surface area contributed by atoms with E-state index in [1.165, 1.54) is 41.8 Å². The lowest BCUT2D eigenvalue weighted by molar-refractivity contribution is -0.137. The Morgan fingerprint density at radius 1 is 1.18 bits per heavy atom. The average molecular weight is 488 g/mol.